The maximum atomic E-state index is 12.5. The van der Waals surface area contributed by atoms with E-state index in [0.29, 0.717) is 22.0 Å². The summed E-state index contributed by atoms with van der Waals surface area (Å²) in [7, 11) is 1.59. The summed E-state index contributed by atoms with van der Waals surface area (Å²) in [6.45, 7) is 2.28. The van der Waals surface area contributed by atoms with E-state index in [-0.39, 0.29) is 18.5 Å². The molecule has 0 bridgehead atoms. The van der Waals surface area contributed by atoms with E-state index >= 15 is 0 Å². The van der Waals surface area contributed by atoms with Gasteiger partial charge in [-0.25, -0.2) is 0 Å². The van der Waals surface area contributed by atoms with Gasteiger partial charge in [-0.05, 0) is 25.1 Å². The molecule has 148 valence electrons. The molecule has 0 aliphatic carbocycles. The topological polar surface area (TPSA) is 68.1 Å². The number of hydrogen-bond acceptors (Lipinski definition) is 3. The van der Waals surface area contributed by atoms with Crippen molar-refractivity contribution in [2.75, 3.05) is 19.0 Å². The van der Waals surface area contributed by atoms with Gasteiger partial charge in [-0.15, -0.1) is 0 Å². The SMILES string of the molecule is COc1cc2c(cc1NC(=O)C[NH2+][C@@H](C)c1ccccc1Cl)oc1ccccc12. The number of nitrogens with two attached hydrogens (primary N) is 1. The van der Waals surface area contributed by atoms with Crippen LogP contribution in [0.5, 0.6) is 5.75 Å². The highest BCUT2D eigenvalue weighted by atomic mass is 35.5. The van der Waals surface area contributed by atoms with Gasteiger partial charge in [-0.1, -0.05) is 48.0 Å². The first-order chi connectivity index (χ1) is 14.1. The van der Waals surface area contributed by atoms with Gasteiger partial charge in [0, 0.05) is 27.4 Å². The Morgan fingerprint density at radius 2 is 1.86 bits per heavy atom. The summed E-state index contributed by atoms with van der Waals surface area (Å²) in [4.78, 5) is 12.5. The van der Waals surface area contributed by atoms with E-state index in [9.17, 15) is 4.79 Å². The van der Waals surface area contributed by atoms with Gasteiger partial charge in [0.15, 0.2) is 6.54 Å². The fraction of sp³-hybridized carbons (Fsp3) is 0.174. The predicted molar refractivity (Wildman–Crippen MR) is 116 cm³/mol. The monoisotopic (exact) mass is 409 g/mol. The fourth-order valence-corrected chi connectivity index (χ4v) is 3.78. The molecule has 1 atom stereocenters. The van der Waals surface area contributed by atoms with Crippen LogP contribution >= 0.6 is 11.6 Å². The zero-order chi connectivity index (χ0) is 20.4. The number of rotatable bonds is 6. The van der Waals surface area contributed by atoms with E-state index < -0.39 is 0 Å². The van der Waals surface area contributed by atoms with Crippen LogP contribution in [-0.4, -0.2) is 19.6 Å². The summed E-state index contributed by atoms with van der Waals surface area (Å²) in [5.41, 5.74) is 3.09. The number of fused-ring (bicyclic) bond motifs is 3. The van der Waals surface area contributed by atoms with Crippen molar-refractivity contribution in [1.82, 2.24) is 0 Å². The summed E-state index contributed by atoms with van der Waals surface area (Å²) >= 11 is 6.25. The van der Waals surface area contributed by atoms with Crippen LogP contribution in [0.1, 0.15) is 18.5 Å². The number of para-hydroxylation sites is 1. The number of carbonyl (C=O) groups is 1. The number of ether oxygens (including phenoxy) is 1. The number of carbonyl (C=O) groups excluding carboxylic acids is 1. The zero-order valence-electron chi connectivity index (χ0n) is 16.2. The lowest BCUT2D eigenvalue weighted by Gasteiger charge is -2.13. The first-order valence-corrected chi connectivity index (χ1v) is 9.81. The molecule has 29 heavy (non-hydrogen) atoms. The Bertz CT molecular complexity index is 1190. The average Bonchev–Trinajstić information content (AvgIpc) is 3.09. The van der Waals surface area contributed by atoms with Crippen LogP contribution in [0, 0.1) is 0 Å². The maximum Gasteiger partial charge on any atom is 0.279 e. The minimum atomic E-state index is -0.127. The molecule has 1 heterocycles. The van der Waals surface area contributed by atoms with E-state index in [4.69, 9.17) is 20.8 Å². The van der Waals surface area contributed by atoms with Crippen molar-refractivity contribution < 1.29 is 19.3 Å². The van der Waals surface area contributed by atoms with Gasteiger partial charge in [0.25, 0.3) is 5.91 Å². The summed E-state index contributed by atoms with van der Waals surface area (Å²) in [6, 6.07) is 19.3. The van der Waals surface area contributed by atoms with Crippen LogP contribution in [0.4, 0.5) is 5.69 Å². The Kier molecular flexibility index (Phi) is 5.43. The Morgan fingerprint density at radius 1 is 1.10 bits per heavy atom. The lowest BCUT2D eigenvalue weighted by molar-refractivity contribution is -0.682. The summed E-state index contributed by atoms with van der Waals surface area (Å²) < 4.78 is 11.4. The molecule has 0 radical (unpaired) electrons. The van der Waals surface area contributed by atoms with Gasteiger partial charge in [0.1, 0.15) is 23.0 Å². The molecule has 5 nitrogen and oxygen atoms in total. The number of quaternary nitrogens is 1. The minimum absolute atomic E-state index is 0.0641. The van der Waals surface area contributed by atoms with Crippen LogP contribution in [0.15, 0.2) is 65.1 Å². The number of furan rings is 1. The van der Waals surface area contributed by atoms with Crippen molar-refractivity contribution >= 4 is 45.1 Å². The highest BCUT2D eigenvalue weighted by molar-refractivity contribution is 6.31. The van der Waals surface area contributed by atoms with Crippen LogP contribution in [-0.2, 0) is 4.79 Å². The number of amides is 1. The summed E-state index contributed by atoms with van der Waals surface area (Å²) in [5, 5.41) is 7.55. The van der Waals surface area contributed by atoms with E-state index in [0.717, 1.165) is 21.9 Å². The average molecular weight is 410 g/mol. The number of methoxy groups -OCH3 is 1. The van der Waals surface area contributed by atoms with Crippen LogP contribution in [0.2, 0.25) is 5.02 Å². The van der Waals surface area contributed by atoms with Crippen molar-refractivity contribution in [3.05, 3.63) is 71.2 Å². The van der Waals surface area contributed by atoms with Gasteiger partial charge < -0.3 is 19.8 Å². The van der Waals surface area contributed by atoms with E-state index in [1.165, 1.54) is 0 Å². The van der Waals surface area contributed by atoms with Gasteiger partial charge in [0.2, 0.25) is 0 Å². The second-order valence-electron chi connectivity index (χ2n) is 6.95. The Hall–Kier alpha value is -3.02. The molecule has 3 aromatic carbocycles. The zero-order valence-corrected chi connectivity index (χ0v) is 17.0. The van der Waals surface area contributed by atoms with Gasteiger partial charge >= 0.3 is 0 Å². The fourth-order valence-electron chi connectivity index (χ4n) is 3.47. The molecule has 1 aromatic heterocycles. The third-order valence-electron chi connectivity index (χ3n) is 5.03. The molecule has 4 aromatic rings. The van der Waals surface area contributed by atoms with Crippen LogP contribution in [0.3, 0.4) is 0 Å². The smallest absolute Gasteiger partial charge is 0.279 e. The van der Waals surface area contributed by atoms with E-state index in [1.807, 2.05) is 72.9 Å². The molecule has 0 spiro atoms. The van der Waals surface area contributed by atoms with Gasteiger partial charge in [-0.3, -0.25) is 4.79 Å². The summed E-state index contributed by atoms with van der Waals surface area (Å²) in [6.07, 6.45) is 0. The number of benzene rings is 3. The van der Waals surface area contributed by atoms with Crippen LogP contribution in [0.25, 0.3) is 21.9 Å². The van der Waals surface area contributed by atoms with Crippen LogP contribution < -0.4 is 15.4 Å². The third-order valence-corrected chi connectivity index (χ3v) is 5.37. The number of anilines is 1. The normalized spacial score (nSPS) is 12.2. The second-order valence-corrected chi connectivity index (χ2v) is 7.35. The summed E-state index contributed by atoms with van der Waals surface area (Å²) in [5.74, 6) is 0.467. The van der Waals surface area contributed by atoms with E-state index in [1.54, 1.807) is 7.11 Å². The van der Waals surface area contributed by atoms with Crippen molar-refractivity contribution in [2.24, 2.45) is 0 Å². The number of hydrogen-bond donors (Lipinski definition) is 2. The molecule has 0 fully saturated rings. The minimum Gasteiger partial charge on any atom is -0.495 e. The lowest BCUT2D eigenvalue weighted by Crippen LogP contribution is -2.86. The molecular weight excluding hydrogens is 388 g/mol. The van der Waals surface area contributed by atoms with Crippen molar-refractivity contribution in [3.8, 4) is 5.75 Å². The Labute approximate surface area is 173 Å². The predicted octanol–water partition coefficient (Wildman–Crippen LogP) is 4.51. The molecule has 0 unspecified atom stereocenters. The van der Waals surface area contributed by atoms with E-state index in [2.05, 4.69) is 5.32 Å². The molecule has 3 N–H and O–H groups in total. The number of halogens is 1. The molecule has 0 aliphatic rings. The lowest BCUT2D eigenvalue weighted by atomic mass is 10.1. The molecule has 0 saturated carbocycles. The Balaban J connectivity index is 1.51. The molecule has 1 amide bonds. The Morgan fingerprint density at radius 3 is 2.66 bits per heavy atom. The first-order valence-electron chi connectivity index (χ1n) is 9.43. The van der Waals surface area contributed by atoms with Crippen molar-refractivity contribution in [2.45, 2.75) is 13.0 Å². The third kappa shape index (κ3) is 3.92. The standard InChI is InChI=1S/C23H21ClN2O3/c1-14(15-7-3-5-9-18(15)24)25-13-23(27)26-19-12-21-17(11-22(19)28-2)16-8-4-6-10-20(16)29-21/h3-12,14,25H,13H2,1-2H3,(H,26,27)/p+1/t14-/m0/s1. The van der Waals surface area contributed by atoms with Gasteiger partial charge in [0.05, 0.1) is 12.8 Å². The highest BCUT2D eigenvalue weighted by Gasteiger charge is 2.17. The molecule has 0 aliphatic heterocycles. The quantitative estimate of drug-likeness (QED) is 0.492. The maximum absolute atomic E-state index is 12.5. The highest BCUT2D eigenvalue weighted by Crippen LogP contribution is 2.36. The van der Waals surface area contributed by atoms with Gasteiger partial charge in [-0.2, -0.15) is 0 Å². The first kappa shape index (κ1) is 19.3. The molecule has 6 heteroatoms. The number of nitrogens with one attached hydrogen (secondary N) is 1. The second kappa shape index (κ2) is 8.15. The molecular formula is C23H22ClN2O3+. The van der Waals surface area contributed by atoms with Crippen molar-refractivity contribution in [1.29, 1.82) is 0 Å². The molecule has 4 rings (SSSR count). The van der Waals surface area contributed by atoms with Crippen molar-refractivity contribution in [3.63, 3.8) is 0 Å². The largest absolute Gasteiger partial charge is 0.495 e. The molecule has 0 saturated heterocycles.